The van der Waals surface area contributed by atoms with Crippen LogP contribution in [0.1, 0.15) is 37.8 Å². The van der Waals surface area contributed by atoms with Gasteiger partial charge in [0.2, 0.25) is 0 Å². The van der Waals surface area contributed by atoms with Crippen LogP contribution in [0.4, 0.5) is 4.39 Å². The maximum Gasteiger partial charge on any atom is 0.157 e. The summed E-state index contributed by atoms with van der Waals surface area (Å²) in [6.45, 7) is 5.45. The number of halogens is 1. The van der Waals surface area contributed by atoms with Gasteiger partial charge in [-0.3, -0.25) is 9.69 Å². The Hall–Kier alpha value is -1.17. The second-order valence-electron chi connectivity index (χ2n) is 7.51. The summed E-state index contributed by atoms with van der Waals surface area (Å²) in [5.74, 6) is 0.000434. The number of Topliss-reactive ketones (excluding diaryl/α,β-unsaturated/α-hetero) is 1. The summed E-state index contributed by atoms with van der Waals surface area (Å²) in [6.07, 6.45) is 4.99. The van der Waals surface area contributed by atoms with Gasteiger partial charge in [0.05, 0.1) is 6.04 Å². The van der Waals surface area contributed by atoms with Crippen LogP contribution in [0.2, 0.25) is 0 Å². The van der Waals surface area contributed by atoms with Crippen molar-refractivity contribution in [3.63, 3.8) is 0 Å². The SMILES string of the molecule is CCN(C)C/C=C1/CN(C(C(=O)C2CC2)c2ccccc2F)CCC1S. The summed E-state index contributed by atoms with van der Waals surface area (Å²) in [6, 6.07) is 6.26. The first kappa shape index (κ1) is 19.6. The summed E-state index contributed by atoms with van der Waals surface area (Å²) in [4.78, 5) is 17.4. The zero-order valence-electron chi connectivity index (χ0n) is 15.7. The maximum atomic E-state index is 14.5. The summed E-state index contributed by atoms with van der Waals surface area (Å²) in [7, 11) is 2.09. The van der Waals surface area contributed by atoms with E-state index in [0.717, 1.165) is 38.9 Å². The monoisotopic (exact) mass is 376 g/mol. The Labute approximate surface area is 161 Å². The number of carbonyl (C=O) groups excluding carboxylic acids is 1. The first-order chi connectivity index (χ1) is 12.5. The van der Waals surface area contributed by atoms with Gasteiger partial charge in [0, 0.05) is 36.4 Å². The van der Waals surface area contributed by atoms with Gasteiger partial charge in [-0.25, -0.2) is 4.39 Å². The molecule has 1 aliphatic carbocycles. The fraction of sp³-hybridized carbons (Fsp3) is 0.571. The van der Waals surface area contributed by atoms with E-state index in [1.807, 2.05) is 6.07 Å². The molecule has 0 amide bonds. The molecule has 1 saturated heterocycles. The van der Waals surface area contributed by atoms with E-state index in [1.54, 1.807) is 12.1 Å². The highest BCUT2D eigenvalue weighted by molar-refractivity contribution is 7.81. The van der Waals surface area contributed by atoms with Crippen LogP contribution in [-0.2, 0) is 4.79 Å². The first-order valence-corrected chi connectivity index (χ1v) is 10.1. The van der Waals surface area contributed by atoms with Crippen molar-refractivity contribution in [2.45, 2.75) is 37.5 Å². The van der Waals surface area contributed by atoms with E-state index in [2.05, 4.69) is 29.8 Å². The number of rotatable bonds is 7. The largest absolute Gasteiger partial charge is 0.303 e. The lowest BCUT2D eigenvalue weighted by molar-refractivity contribution is -0.126. The molecule has 2 unspecified atom stereocenters. The third kappa shape index (κ3) is 4.56. The third-order valence-electron chi connectivity index (χ3n) is 5.52. The molecule has 0 spiro atoms. The molecule has 2 aliphatic rings. The number of carbonyl (C=O) groups is 1. The topological polar surface area (TPSA) is 23.6 Å². The lowest BCUT2D eigenvalue weighted by Crippen LogP contribution is -2.42. The summed E-state index contributed by atoms with van der Waals surface area (Å²) in [5, 5.41) is 0.216. The van der Waals surface area contributed by atoms with E-state index in [1.165, 1.54) is 11.6 Å². The predicted octanol–water partition coefficient (Wildman–Crippen LogP) is 3.73. The minimum Gasteiger partial charge on any atom is -0.303 e. The number of ketones is 1. The number of likely N-dealkylation sites (N-methyl/N-ethyl adjacent to an activating group) is 1. The molecule has 5 heteroatoms. The second-order valence-corrected chi connectivity index (χ2v) is 8.13. The van der Waals surface area contributed by atoms with Crippen molar-refractivity contribution in [1.29, 1.82) is 0 Å². The molecule has 2 fully saturated rings. The quantitative estimate of drug-likeness (QED) is 0.579. The van der Waals surface area contributed by atoms with Gasteiger partial charge in [0.25, 0.3) is 0 Å². The molecule has 142 valence electrons. The van der Waals surface area contributed by atoms with Gasteiger partial charge in [0.1, 0.15) is 5.82 Å². The van der Waals surface area contributed by atoms with Crippen LogP contribution in [-0.4, -0.2) is 54.1 Å². The Kier molecular flexibility index (Phi) is 6.54. The molecule has 1 heterocycles. The molecule has 0 bridgehead atoms. The molecule has 0 N–H and O–H groups in total. The molecule has 1 aromatic carbocycles. The number of nitrogens with zero attached hydrogens (tertiary/aromatic N) is 2. The summed E-state index contributed by atoms with van der Waals surface area (Å²) < 4.78 is 14.5. The highest BCUT2D eigenvalue weighted by atomic mass is 32.1. The van der Waals surface area contributed by atoms with Crippen LogP contribution in [0.25, 0.3) is 0 Å². The van der Waals surface area contributed by atoms with E-state index < -0.39 is 6.04 Å². The lowest BCUT2D eigenvalue weighted by Gasteiger charge is -2.38. The molecule has 3 rings (SSSR count). The number of benzene rings is 1. The van der Waals surface area contributed by atoms with Crippen LogP contribution < -0.4 is 0 Å². The average Bonchev–Trinajstić information content (AvgIpc) is 3.48. The summed E-state index contributed by atoms with van der Waals surface area (Å²) in [5.41, 5.74) is 1.76. The van der Waals surface area contributed by atoms with Gasteiger partial charge >= 0.3 is 0 Å². The van der Waals surface area contributed by atoms with E-state index in [9.17, 15) is 9.18 Å². The zero-order chi connectivity index (χ0) is 18.7. The second kappa shape index (κ2) is 8.68. The smallest absolute Gasteiger partial charge is 0.157 e. The van der Waals surface area contributed by atoms with E-state index in [0.29, 0.717) is 12.1 Å². The molecule has 3 nitrogen and oxygen atoms in total. The standard InChI is InChI=1S/C21H29FN2OS/c1-3-23(2)12-10-16-14-24(13-11-19(16)26)20(21(25)15-8-9-15)17-6-4-5-7-18(17)22/h4-7,10,15,19-20,26H,3,8-9,11-14H2,1-2H3/b16-10-. The van der Waals surface area contributed by atoms with Crippen molar-refractivity contribution in [2.75, 3.05) is 33.2 Å². The van der Waals surface area contributed by atoms with Gasteiger partial charge in [-0.05, 0) is 44.5 Å². The molecule has 26 heavy (non-hydrogen) atoms. The molecular formula is C21H29FN2OS. The van der Waals surface area contributed by atoms with Gasteiger partial charge in [0.15, 0.2) is 5.78 Å². The molecule has 2 atom stereocenters. The fourth-order valence-electron chi connectivity index (χ4n) is 3.53. The van der Waals surface area contributed by atoms with Crippen molar-refractivity contribution in [3.05, 3.63) is 47.3 Å². The van der Waals surface area contributed by atoms with Gasteiger partial charge in [-0.1, -0.05) is 31.2 Å². The Morgan fingerprint density at radius 1 is 1.38 bits per heavy atom. The number of likely N-dealkylation sites (tertiary alicyclic amines) is 1. The molecule has 1 saturated carbocycles. The van der Waals surface area contributed by atoms with Crippen LogP contribution in [0, 0.1) is 11.7 Å². The third-order valence-corrected chi connectivity index (χ3v) is 6.11. The average molecular weight is 377 g/mol. The molecule has 0 radical (unpaired) electrons. The van der Waals surface area contributed by atoms with Crippen molar-refractivity contribution < 1.29 is 9.18 Å². The molecular weight excluding hydrogens is 347 g/mol. The van der Waals surface area contributed by atoms with Crippen LogP contribution in [0.15, 0.2) is 35.9 Å². The van der Waals surface area contributed by atoms with Crippen molar-refractivity contribution in [1.82, 2.24) is 9.80 Å². The molecule has 0 aromatic heterocycles. The Morgan fingerprint density at radius 3 is 2.77 bits per heavy atom. The van der Waals surface area contributed by atoms with Crippen LogP contribution in [0.5, 0.6) is 0 Å². The Bertz CT molecular complexity index is 674. The highest BCUT2D eigenvalue weighted by Crippen LogP contribution is 2.39. The van der Waals surface area contributed by atoms with E-state index in [4.69, 9.17) is 12.6 Å². The fourth-order valence-corrected chi connectivity index (χ4v) is 3.84. The van der Waals surface area contributed by atoms with Crippen molar-refractivity contribution in [2.24, 2.45) is 5.92 Å². The Morgan fingerprint density at radius 2 is 2.12 bits per heavy atom. The van der Waals surface area contributed by atoms with E-state index in [-0.39, 0.29) is 22.8 Å². The zero-order valence-corrected chi connectivity index (χ0v) is 16.6. The van der Waals surface area contributed by atoms with Crippen LogP contribution >= 0.6 is 12.6 Å². The number of thiol groups is 1. The van der Waals surface area contributed by atoms with Crippen molar-refractivity contribution in [3.8, 4) is 0 Å². The first-order valence-electron chi connectivity index (χ1n) is 9.59. The number of hydrogen-bond donors (Lipinski definition) is 1. The normalized spacial score (nSPS) is 24.2. The maximum absolute atomic E-state index is 14.5. The van der Waals surface area contributed by atoms with Crippen LogP contribution in [0.3, 0.4) is 0 Å². The minimum absolute atomic E-state index is 0.104. The van der Waals surface area contributed by atoms with Gasteiger partial charge < -0.3 is 4.90 Å². The Balaban J connectivity index is 1.84. The lowest BCUT2D eigenvalue weighted by atomic mass is 9.93. The van der Waals surface area contributed by atoms with Gasteiger partial charge in [-0.15, -0.1) is 0 Å². The molecule has 1 aliphatic heterocycles. The van der Waals surface area contributed by atoms with Gasteiger partial charge in [-0.2, -0.15) is 12.6 Å². The predicted molar refractivity (Wildman–Crippen MR) is 107 cm³/mol. The summed E-state index contributed by atoms with van der Waals surface area (Å²) >= 11 is 4.74. The highest BCUT2D eigenvalue weighted by Gasteiger charge is 2.40. The molecule has 1 aromatic rings. The minimum atomic E-state index is -0.475. The van der Waals surface area contributed by atoms with Crippen molar-refractivity contribution >= 4 is 18.4 Å². The number of hydrogen-bond acceptors (Lipinski definition) is 4. The van der Waals surface area contributed by atoms with E-state index >= 15 is 0 Å². The number of piperidine rings is 1.